The highest BCUT2D eigenvalue weighted by Gasteiger charge is 2.15. The highest BCUT2D eigenvalue weighted by molar-refractivity contribution is 9.10. The Balaban J connectivity index is 2.76. The first-order valence-electron chi connectivity index (χ1n) is 5.04. The predicted molar refractivity (Wildman–Crippen MR) is 65.9 cm³/mol. The smallest absolute Gasteiger partial charge is 0.242 e. The summed E-state index contributed by atoms with van der Waals surface area (Å²) in [6.07, 6.45) is 0. The SMILES string of the molecule is CCNC(=O)C(C)Nc1c(F)cccc1Br. The Hall–Kier alpha value is -1.10. The van der Waals surface area contributed by atoms with Gasteiger partial charge in [-0.3, -0.25) is 4.79 Å². The second-order valence-electron chi connectivity index (χ2n) is 3.36. The summed E-state index contributed by atoms with van der Waals surface area (Å²) in [5.41, 5.74) is 0.307. The topological polar surface area (TPSA) is 41.1 Å². The van der Waals surface area contributed by atoms with Gasteiger partial charge in [-0.2, -0.15) is 0 Å². The summed E-state index contributed by atoms with van der Waals surface area (Å²) in [5.74, 6) is -0.539. The zero-order chi connectivity index (χ0) is 12.1. The second kappa shape index (κ2) is 5.84. The van der Waals surface area contributed by atoms with E-state index in [-0.39, 0.29) is 11.7 Å². The van der Waals surface area contributed by atoms with E-state index in [4.69, 9.17) is 0 Å². The molecule has 1 atom stereocenters. The molecule has 0 fully saturated rings. The number of para-hydroxylation sites is 1. The Morgan fingerprint density at radius 2 is 2.25 bits per heavy atom. The predicted octanol–water partition coefficient (Wildman–Crippen LogP) is 2.52. The quantitative estimate of drug-likeness (QED) is 0.894. The van der Waals surface area contributed by atoms with Gasteiger partial charge >= 0.3 is 0 Å². The Bertz CT molecular complexity index is 364. The first-order valence-corrected chi connectivity index (χ1v) is 5.83. The molecule has 1 amide bonds. The normalized spacial score (nSPS) is 12.0. The van der Waals surface area contributed by atoms with E-state index in [1.54, 1.807) is 19.1 Å². The molecule has 0 aliphatic carbocycles. The van der Waals surface area contributed by atoms with Gasteiger partial charge in [-0.05, 0) is 41.9 Å². The van der Waals surface area contributed by atoms with Crippen molar-refractivity contribution in [1.82, 2.24) is 5.32 Å². The first kappa shape index (κ1) is 13.0. The van der Waals surface area contributed by atoms with Crippen LogP contribution in [0, 0.1) is 5.82 Å². The van der Waals surface area contributed by atoms with E-state index in [1.165, 1.54) is 6.07 Å². The molecule has 2 N–H and O–H groups in total. The lowest BCUT2D eigenvalue weighted by atomic mass is 10.2. The number of likely N-dealkylation sites (N-methyl/N-ethyl adjacent to an activating group) is 1. The van der Waals surface area contributed by atoms with Gasteiger partial charge < -0.3 is 10.6 Å². The number of amides is 1. The molecule has 5 heteroatoms. The van der Waals surface area contributed by atoms with Gasteiger partial charge in [-0.1, -0.05) is 6.07 Å². The van der Waals surface area contributed by atoms with Crippen molar-refractivity contribution in [2.24, 2.45) is 0 Å². The standard InChI is InChI=1S/C11H14BrFN2O/c1-3-14-11(16)7(2)15-10-8(12)5-4-6-9(10)13/h4-7,15H,3H2,1-2H3,(H,14,16). The lowest BCUT2D eigenvalue weighted by Crippen LogP contribution is -2.37. The molecule has 0 saturated carbocycles. The molecule has 1 unspecified atom stereocenters. The number of rotatable bonds is 4. The van der Waals surface area contributed by atoms with Crippen LogP contribution in [0.25, 0.3) is 0 Å². The first-order chi connectivity index (χ1) is 7.56. The van der Waals surface area contributed by atoms with Gasteiger partial charge in [-0.15, -0.1) is 0 Å². The van der Waals surface area contributed by atoms with Gasteiger partial charge in [0.1, 0.15) is 11.9 Å². The lowest BCUT2D eigenvalue weighted by Gasteiger charge is -2.16. The molecule has 3 nitrogen and oxygen atoms in total. The zero-order valence-electron chi connectivity index (χ0n) is 9.18. The summed E-state index contributed by atoms with van der Waals surface area (Å²) < 4.78 is 14.0. The van der Waals surface area contributed by atoms with Crippen LogP contribution in [0.2, 0.25) is 0 Å². The molecule has 0 bridgehead atoms. The molecular formula is C11H14BrFN2O. The van der Waals surface area contributed by atoms with Crippen LogP contribution < -0.4 is 10.6 Å². The summed E-state index contributed by atoms with van der Waals surface area (Å²) in [7, 11) is 0. The molecule has 1 aromatic carbocycles. The summed E-state index contributed by atoms with van der Waals surface area (Å²) in [4.78, 5) is 11.5. The van der Waals surface area contributed by atoms with Crippen molar-refractivity contribution in [3.8, 4) is 0 Å². The molecule has 0 aliphatic heterocycles. The fraction of sp³-hybridized carbons (Fsp3) is 0.364. The average Bonchev–Trinajstić information content (AvgIpc) is 2.23. The van der Waals surface area contributed by atoms with Gasteiger partial charge in [0.05, 0.1) is 5.69 Å². The number of halogens is 2. The molecule has 0 heterocycles. The largest absolute Gasteiger partial charge is 0.371 e. The van der Waals surface area contributed by atoms with Crippen LogP contribution >= 0.6 is 15.9 Å². The minimum atomic E-state index is -0.479. The highest BCUT2D eigenvalue weighted by Crippen LogP contribution is 2.25. The molecule has 0 radical (unpaired) electrons. The van der Waals surface area contributed by atoms with Gasteiger partial charge in [0.15, 0.2) is 0 Å². The molecular weight excluding hydrogens is 275 g/mol. The van der Waals surface area contributed by atoms with Gasteiger partial charge in [0.2, 0.25) is 5.91 Å². The number of benzene rings is 1. The third kappa shape index (κ3) is 3.20. The Kier molecular flexibility index (Phi) is 4.73. The van der Waals surface area contributed by atoms with E-state index in [0.29, 0.717) is 16.7 Å². The van der Waals surface area contributed by atoms with Crippen LogP contribution in [0.3, 0.4) is 0 Å². The summed E-state index contributed by atoms with van der Waals surface area (Å²) in [5, 5.41) is 5.49. The fourth-order valence-corrected chi connectivity index (χ4v) is 1.70. The minimum Gasteiger partial charge on any atom is -0.371 e. The van der Waals surface area contributed by atoms with Crippen molar-refractivity contribution in [3.05, 3.63) is 28.5 Å². The van der Waals surface area contributed by atoms with Crippen LogP contribution in [0.15, 0.2) is 22.7 Å². The summed E-state index contributed by atoms with van der Waals surface area (Å²) in [6.45, 7) is 4.08. The highest BCUT2D eigenvalue weighted by atomic mass is 79.9. The van der Waals surface area contributed by atoms with Crippen LogP contribution in [0.5, 0.6) is 0 Å². The summed E-state index contributed by atoms with van der Waals surface area (Å²) >= 11 is 3.23. The number of carbonyl (C=O) groups excluding carboxylic acids is 1. The van der Waals surface area contributed by atoms with Crippen molar-refractivity contribution in [2.75, 3.05) is 11.9 Å². The second-order valence-corrected chi connectivity index (χ2v) is 4.21. The lowest BCUT2D eigenvalue weighted by molar-refractivity contribution is -0.121. The Morgan fingerprint density at radius 1 is 1.56 bits per heavy atom. The average molecular weight is 289 g/mol. The van der Waals surface area contributed by atoms with E-state index >= 15 is 0 Å². The molecule has 0 saturated heterocycles. The molecule has 0 aliphatic rings. The molecule has 88 valence electrons. The third-order valence-corrected chi connectivity index (χ3v) is 2.73. The van der Waals surface area contributed by atoms with Gasteiger partial charge in [-0.25, -0.2) is 4.39 Å². The van der Waals surface area contributed by atoms with Crippen LogP contribution in [0.1, 0.15) is 13.8 Å². The molecule has 1 aromatic rings. The van der Waals surface area contributed by atoms with Crippen LogP contribution in [0.4, 0.5) is 10.1 Å². The van der Waals surface area contributed by atoms with Crippen LogP contribution in [-0.2, 0) is 4.79 Å². The van der Waals surface area contributed by atoms with Crippen molar-refractivity contribution >= 4 is 27.5 Å². The molecule has 16 heavy (non-hydrogen) atoms. The van der Waals surface area contributed by atoms with Gasteiger partial charge in [0, 0.05) is 11.0 Å². The van der Waals surface area contributed by atoms with Crippen molar-refractivity contribution in [3.63, 3.8) is 0 Å². The third-order valence-electron chi connectivity index (χ3n) is 2.07. The summed E-state index contributed by atoms with van der Waals surface area (Å²) in [6, 6.07) is 4.18. The van der Waals surface area contributed by atoms with Gasteiger partial charge in [0.25, 0.3) is 0 Å². The Morgan fingerprint density at radius 3 is 2.81 bits per heavy atom. The van der Waals surface area contributed by atoms with E-state index in [1.807, 2.05) is 6.92 Å². The maximum atomic E-state index is 13.4. The van der Waals surface area contributed by atoms with Crippen molar-refractivity contribution in [2.45, 2.75) is 19.9 Å². The molecule has 1 rings (SSSR count). The van der Waals surface area contributed by atoms with Crippen molar-refractivity contribution < 1.29 is 9.18 Å². The number of nitrogens with one attached hydrogen (secondary N) is 2. The Labute approximate surface area is 103 Å². The fourth-order valence-electron chi connectivity index (χ4n) is 1.25. The molecule has 0 spiro atoms. The number of hydrogen-bond acceptors (Lipinski definition) is 2. The van der Waals surface area contributed by atoms with E-state index in [0.717, 1.165) is 0 Å². The van der Waals surface area contributed by atoms with E-state index in [9.17, 15) is 9.18 Å². The maximum Gasteiger partial charge on any atom is 0.242 e. The number of carbonyl (C=O) groups is 1. The van der Waals surface area contributed by atoms with Crippen LogP contribution in [-0.4, -0.2) is 18.5 Å². The zero-order valence-corrected chi connectivity index (χ0v) is 10.8. The van der Waals surface area contributed by atoms with Crippen molar-refractivity contribution in [1.29, 1.82) is 0 Å². The monoisotopic (exact) mass is 288 g/mol. The molecule has 0 aromatic heterocycles. The minimum absolute atomic E-state index is 0.155. The number of hydrogen-bond donors (Lipinski definition) is 2. The maximum absolute atomic E-state index is 13.4. The number of anilines is 1. The van der Waals surface area contributed by atoms with E-state index < -0.39 is 6.04 Å². The van der Waals surface area contributed by atoms with E-state index in [2.05, 4.69) is 26.6 Å².